The summed E-state index contributed by atoms with van der Waals surface area (Å²) in [5.74, 6) is 0.690. The molecule has 0 aliphatic heterocycles. The zero-order valence-electron chi connectivity index (χ0n) is 16.5. The number of Topliss-reactive ketones (excluding diaryl/α,β-unsaturated/α-hetero) is 1. The lowest BCUT2D eigenvalue weighted by Gasteiger charge is -2.28. The van der Waals surface area contributed by atoms with Crippen molar-refractivity contribution in [1.82, 2.24) is 9.29 Å². The smallest absolute Gasteiger partial charge is 0.243 e. The molecule has 0 saturated carbocycles. The molecule has 0 unspecified atom stereocenters. The summed E-state index contributed by atoms with van der Waals surface area (Å²) >= 11 is 0. The number of furan rings is 1. The van der Waals surface area contributed by atoms with Crippen LogP contribution >= 0.6 is 0 Å². The van der Waals surface area contributed by atoms with E-state index < -0.39 is 10.0 Å². The van der Waals surface area contributed by atoms with Gasteiger partial charge in [0.2, 0.25) is 10.0 Å². The average molecular weight is 401 g/mol. The van der Waals surface area contributed by atoms with Gasteiger partial charge in [0.05, 0.1) is 17.7 Å². The Morgan fingerprint density at radius 1 is 1.25 bits per heavy atom. The second-order valence-electron chi connectivity index (χ2n) is 8.42. The number of rotatable bonds is 4. The SMILES string of the molecule is Cc1cc2c3c([nH]c2cc1S(=O)(=O)N(C)Cc1ccco1)CC(C)(C)CC3=O. The maximum Gasteiger partial charge on any atom is 0.243 e. The largest absolute Gasteiger partial charge is 0.468 e. The average Bonchev–Trinajstić information content (AvgIpc) is 3.19. The van der Waals surface area contributed by atoms with Crippen molar-refractivity contribution in [3.8, 4) is 0 Å². The molecule has 0 bridgehead atoms. The fourth-order valence-electron chi connectivity index (χ4n) is 4.05. The van der Waals surface area contributed by atoms with E-state index in [0.717, 1.165) is 17.5 Å². The Morgan fingerprint density at radius 2 is 2.00 bits per heavy atom. The van der Waals surface area contributed by atoms with Crippen LogP contribution < -0.4 is 0 Å². The van der Waals surface area contributed by atoms with Crippen LogP contribution in [0.1, 0.15) is 47.6 Å². The number of nitrogens with one attached hydrogen (secondary N) is 1. The molecule has 0 saturated heterocycles. The van der Waals surface area contributed by atoms with Gasteiger partial charge in [-0.3, -0.25) is 4.79 Å². The first-order chi connectivity index (χ1) is 13.1. The number of hydrogen-bond donors (Lipinski definition) is 1. The first-order valence-corrected chi connectivity index (χ1v) is 10.7. The van der Waals surface area contributed by atoms with Crippen molar-refractivity contribution in [3.05, 3.63) is 53.1 Å². The molecule has 0 radical (unpaired) electrons. The summed E-state index contributed by atoms with van der Waals surface area (Å²) in [6, 6.07) is 6.94. The maximum atomic E-state index is 13.1. The van der Waals surface area contributed by atoms with Crippen LogP contribution in [0.4, 0.5) is 0 Å². The molecule has 0 spiro atoms. The molecule has 4 rings (SSSR count). The first-order valence-electron chi connectivity index (χ1n) is 9.26. The quantitative estimate of drug-likeness (QED) is 0.716. The Hall–Kier alpha value is -2.38. The van der Waals surface area contributed by atoms with Crippen LogP contribution in [0.2, 0.25) is 0 Å². The Bertz CT molecular complexity index is 1170. The van der Waals surface area contributed by atoms with Crippen molar-refractivity contribution in [2.45, 2.75) is 45.1 Å². The van der Waals surface area contributed by atoms with E-state index in [0.29, 0.717) is 28.8 Å². The molecule has 148 valence electrons. The minimum Gasteiger partial charge on any atom is -0.468 e. The third-order valence-electron chi connectivity index (χ3n) is 5.39. The highest BCUT2D eigenvalue weighted by Gasteiger charge is 2.34. The van der Waals surface area contributed by atoms with Crippen molar-refractivity contribution in [3.63, 3.8) is 0 Å². The lowest BCUT2D eigenvalue weighted by Crippen LogP contribution is -2.27. The number of aromatic amines is 1. The molecule has 1 aliphatic rings. The summed E-state index contributed by atoms with van der Waals surface area (Å²) in [6.07, 6.45) is 2.79. The minimum atomic E-state index is -3.71. The van der Waals surface area contributed by atoms with Crippen LogP contribution in [0.5, 0.6) is 0 Å². The molecular weight excluding hydrogens is 376 g/mol. The molecule has 3 aromatic rings. The maximum absolute atomic E-state index is 13.1. The molecular formula is C21H24N2O4S. The molecule has 1 N–H and O–H groups in total. The van der Waals surface area contributed by atoms with Crippen LogP contribution in [-0.4, -0.2) is 30.5 Å². The third kappa shape index (κ3) is 3.08. The molecule has 1 aromatic carbocycles. The number of carbonyl (C=O) groups is 1. The number of carbonyl (C=O) groups excluding carboxylic acids is 1. The van der Waals surface area contributed by atoms with Gasteiger partial charge >= 0.3 is 0 Å². The summed E-state index contributed by atoms with van der Waals surface area (Å²) in [5.41, 5.74) is 2.82. The van der Waals surface area contributed by atoms with Crippen molar-refractivity contribution in [1.29, 1.82) is 0 Å². The van der Waals surface area contributed by atoms with Crippen LogP contribution in [-0.2, 0) is 23.0 Å². The molecule has 0 fully saturated rings. The molecule has 6 nitrogen and oxygen atoms in total. The van der Waals surface area contributed by atoms with Crippen molar-refractivity contribution in [2.75, 3.05) is 7.05 Å². The number of benzene rings is 1. The van der Waals surface area contributed by atoms with Gasteiger partial charge in [-0.1, -0.05) is 13.8 Å². The van der Waals surface area contributed by atoms with Gasteiger partial charge in [-0.05, 0) is 48.6 Å². The fourth-order valence-corrected chi connectivity index (χ4v) is 5.42. The van der Waals surface area contributed by atoms with Gasteiger partial charge in [0.15, 0.2) is 5.78 Å². The number of aromatic nitrogens is 1. The lowest BCUT2D eigenvalue weighted by molar-refractivity contribution is 0.0913. The van der Waals surface area contributed by atoms with Gasteiger partial charge < -0.3 is 9.40 Å². The second-order valence-corrected chi connectivity index (χ2v) is 10.4. The van der Waals surface area contributed by atoms with Crippen LogP contribution in [0.15, 0.2) is 39.8 Å². The lowest BCUT2D eigenvalue weighted by atomic mass is 9.76. The van der Waals surface area contributed by atoms with E-state index in [1.54, 1.807) is 25.1 Å². The normalized spacial score (nSPS) is 16.7. The molecule has 2 aromatic heterocycles. The topological polar surface area (TPSA) is 83.4 Å². The highest BCUT2D eigenvalue weighted by molar-refractivity contribution is 7.89. The van der Waals surface area contributed by atoms with Crippen LogP contribution in [0.25, 0.3) is 10.9 Å². The molecule has 1 aliphatic carbocycles. The Kier molecular flexibility index (Phi) is 4.28. The number of fused-ring (bicyclic) bond motifs is 3. The summed E-state index contributed by atoms with van der Waals surface area (Å²) in [5, 5.41) is 0.806. The van der Waals surface area contributed by atoms with E-state index in [2.05, 4.69) is 18.8 Å². The number of hydrogen-bond acceptors (Lipinski definition) is 4. The van der Waals surface area contributed by atoms with E-state index in [-0.39, 0.29) is 22.6 Å². The molecule has 0 atom stereocenters. The van der Waals surface area contributed by atoms with Gasteiger partial charge in [0.1, 0.15) is 5.76 Å². The zero-order valence-corrected chi connectivity index (χ0v) is 17.3. The van der Waals surface area contributed by atoms with E-state index in [1.165, 1.54) is 17.6 Å². The standard InChI is InChI=1S/C21H24N2O4S/c1-13-8-15-16(22-17-10-21(2,3)11-18(24)20(15)17)9-19(13)28(25,26)23(4)12-14-6-5-7-27-14/h5-9,22H,10-12H2,1-4H3. The van der Waals surface area contributed by atoms with Gasteiger partial charge in [0.25, 0.3) is 0 Å². The van der Waals surface area contributed by atoms with Gasteiger partial charge in [0, 0.05) is 35.6 Å². The summed E-state index contributed by atoms with van der Waals surface area (Å²) in [6.45, 7) is 6.07. The van der Waals surface area contributed by atoms with Crippen LogP contribution in [0.3, 0.4) is 0 Å². The third-order valence-corrected chi connectivity index (χ3v) is 7.34. The monoisotopic (exact) mass is 400 g/mol. The van der Waals surface area contributed by atoms with E-state index in [1.807, 2.05) is 6.07 Å². The summed E-state index contributed by atoms with van der Waals surface area (Å²) < 4.78 is 32.8. The number of sulfonamides is 1. The Morgan fingerprint density at radius 3 is 2.68 bits per heavy atom. The van der Waals surface area contributed by atoms with Crippen molar-refractivity contribution in [2.24, 2.45) is 5.41 Å². The minimum absolute atomic E-state index is 0.0990. The Balaban J connectivity index is 1.79. The second kappa shape index (κ2) is 6.32. The highest BCUT2D eigenvalue weighted by Crippen LogP contribution is 2.39. The van der Waals surface area contributed by atoms with Gasteiger partial charge in [-0.2, -0.15) is 4.31 Å². The first kappa shape index (κ1) is 19.0. The predicted molar refractivity (Wildman–Crippen MR) is 107 cm³/mol. The van der Waals surface area contributed by atoms with Gasteiger partial charge in [-0.25, -0.2) is 8.42 Å². The van der Waals surface area contributed by atoms with Crippen molar-refractivity contribution < 1.29 is 17.6 Å². The fraction of sp³-hybridized carbons (Fsp3) is 0.381. The number of nitrogens with zero attached hydrogens (tertiary/aromatic N) is 1. The van der Waals surface area contributed by atoms with E-state index in [4.69, 9.17) is 4.42 Å². The van der Waals surface area contributed by atoms with Gasteiger partial charge in [-0.15, -0.1) is 0 Å². The number of ketones is 1. The molecule has 7 heteroatoms. The summed E-state index contributed by atoms with van der Waals surface area (Å²) in [4.78, 5) is 16.2. The van der Waals surface area contributed by atoms with Crippen LogP contribution in [0, 0.1) is 12.3 Å². The number of aryl methyl sites for hydroxylation is 1. The zero-order chi connectivity index (χ0) is 20.3. The highest BCUT2D eigenvalue weighted by atomic mass is 32.2. The van der Waals surface area contributed by atoms with E-state index in [9.17, 15) is 13.2 Å². The molecule has 2 heterocycles. The summed E-state index contributed by atoms with van der Waals surface area (Å²) in [7, 11) is -2.17. The molecule has 28 heavy (non-hydrogen) atoms. The Labute approximate surface area is 164 Å². The molecule has 0 amide bonds. The predicted octanol–water partition coefficient (Wildman–Crippen LogP) is 4.05. The number of H-pyrrole nitrogens is 1. The van der Waals surface area contributed by atoms with E-state index >= 15 is 0 Å². The van der Waals surface area contributed by atoms with Crippen molar-refractivity contribution >= 4 is 26.7 Å².